The van der Waals surface area contributed by atoms with Gasteiger partial charge in [-0.25, -0.2) is 4.98 Å². The van der Waals surface area contributed by atoms with E-state index < -0.39 is 0 Å². The van der Waals surface area contributed by atoms with Gasteiger partial charge in [0.25, 0.3) is 0 Å². The fourth-order valence-corrected chi connectivity index (χ4v) is 2.26. The van der Waals surface area contributed by atoms with Crippen molar-refractivity contribution in [3.05, 3.63) is 66.4 Å². The molecule has 0 aliphatic heterocycles. The van der Waals surface area contributed by atoms with E-state index in [1.807, 2.05) is 24.4 Å². The molecule has 1 aromatic heterocycles. The van der Waals surface area contributed by atoms with Crippen molar-refractivity contribution >= 4 is 0 Å². The maximum Gasteiger partial charge on any atom is 0.140 e. The molecule has 3 rings (SSSR count). The summed E-state index contributed by atoms with van der Waals surface area (Å²) in [6.07, 6.45) is 1.94. The highest BCUT2D eigenvalue weighted by atomic mass is 15.1. The Labute approximate surface area is 113 Å². The summed E-state index contributed by atoms with van der Waals surface area (Å²) in [6.45, 7) is 2.10. The molecule has 0 N–H and O–H groups in total. The Morgan fingerprint density at radius 3 is 2.21 bits per heavy atom. The predicted octanol–water partition coefficient (Wildman–Crippen LogP) is 4.06. The van der Waals surface area contributed by atoms with Crippen LogP contribution in [-0.4, -0.2) is 9.55 Å². The fourth-order valence-electron chi connectivity index (χ4n) is 2.26. The molecule has 0 unspecified atom stereocenters. The summed E-state index contributed by atoms with van der Waals surface area (Å²) in [7, 11) is 2.06. The average molecular weight is 248 g/mol. The molecule has 0 amide bonds. The first-order valence-electron chi connectivity index (χ1n) is 6.40. The van der Waals surface area contributed by atoms with E-state index >= 15 is 0 Å². The van der Waals surface area contributed by atoms with Crippen molar-refractivity contribution in [3.8, 4) is 22.6 Å². The third-order valence-corrected chi connectivity index (χ3v) is 3.37. The quantitative estimate of drug-likeness (QED) is 0.668. The zero-order chi connectivity index (χ0) is 13.2. The van der Waals surface area contributed by atoms with Crippen LogP contribution in [0.25, 0.3) is 22.6 Å². The highest BCUT2D eigenvalue weighted by Crippen LogP contribution is 2.25. The maximum atomic E-state index is 4.55. The van der Waals surface area contributed by atoms with E-state index in [0.29, 0.717) is 0 Å². The third kappa shape index (κ3) is 2.17. The number of aryl methyl sites for hydroxylation is 1. The molecule has 0 spiro atoms. The topological polar surface area (TPSA) is 17.8 Å². The number of imidazole rings is 1. The van der Waals surface area contributed by atoms with Crippen LogP contribution in [0.2, 0.25) is 0 Å². The minimum Gasteiger partial charge on any atom is -0.327 e. The van der Waals surface area contributed by atoms with E-state index in [9.17, 15) is 0 Å². The second-order valence-corrected chi connectivity index (χ2v) is 4.76. The lowest BCUT2D eigenvalue weighted by Gasteiger charge is -2.06. The van der Waals surface area contributed by atoms with Crippen LogP contribution < -0.4 is 0 Å². The maximum absolute atomic E-state index is 4.55. The van der Waals surface area contributed by atoms with Gasteiger partial charge in [-0.3, -0.25) is 0 Å². The fraction of sp³-hybridized carbons (Fsp3) is 0.118. The van der Waals surface area contributed by atoms with E-state index in [4.69, 9.17) is 0 Å². The Bertz CT molecular complexity index is 679. The Morgan fingerprint density at radius 1 is 0.842 bits per heavy atom. The second-order valence-electron chi connectivity index (χ2n) is 4.76. The molecule has 0 fully saturated rings. The highest BCUT2D eigenvalue weighted by molar-refractivity contribution is 5.65. The summed E-state index contributed by atoms with van der Waals surface area (Å²) >= 11 is 0. The van der Waals surface area contributed by atoms with Crippen LogP contribution in [0.4, 0.5) is 0 Å². The van der Waals surface area contributed by atoms with Crippen molar-refractivity contribution in [1.82, 2.24) is 9.55 Å². The van der Waals surface area contributed by atoms with Gasteiger partial charge in [-0.15, -0.1) is 0 Å². The van der Waals surface area contributed by atoms with Gasteiger partial charge in [0.05, 0.1) is 11.9 Å². The van der Waals surface area contributed by atoms with Crippen LogP contribution in [0, 0.1) is 6.92 Å². The number of nitrogens with zero attached hydrogens (tertiary/aromatic N) is 2. The molecule has 3 aromatic rings. The van der Waals surface area contributed by atoms with Gasteiger partial charge in [-0.1, -0.05) is 60.2 Å². The Hall–Kier alpha value is -2.35. The molecule has 94 valence electrons. The molecular weight excluding hydrogens is 232 g/mol. The normalized spacial score (nSPS) is 10.6. The van der Waals surface area contributed by atoms with E-state index in [1.165, 1.54) is 11.1 Å². The minimum atomic E-state index is 0.996. The van der Waals surface area contributed by atoms with Gasteiger partial charge >= 0.3 is 0 Å². The lowest BCUT2D eigenvalue weighted by Crippen LogP contribution is -1.95. The van der Waals surface area contributed by atoms with Crippen molar-refractivity contribution in [2.45, 2.75) is 6.92 Å². The predicted molar refractivity (Wildman–Crippen MR) is 78.8 cm³/mol. The Morgan fingerprint density at radius 2 is 1.53 bits per heavy atom. The number of rotatable bonds is 2. The molecular formula is C17H16N2. The van der Waals surface area contributed by atoms with Crippen molar-refractivity contribution < 1.29 is 0 Å². The molecule has 0 saturated carbocycles. The minimum absolute atomic E-state index is 0.996. The van der Waals surface area contributed by atoms with Crippen molar-refractivity contribution in [1.29, 1.82) is 0 Å². The number of hydrogen-bond acceptors (Lipinski definition) is 1. The largest absolute Gasteiger partial charge is 0.327 e. The van der Waals surface area contributed by atoms with Crippen molar-refractivity contribution in [2.75, 3.05) is 0 Å². The van der Waals surface area contributed by atoms with Crippen LogP contribution >= 0.6 is 0 Å². The SMILES string of the molecule is Cc1ccc(-c2cnc(-c3ccccc3)n2C)cc1. The number of hydrogen-bond donors (Lipinski definition) is 0. The number of aromatic nitrogens is 2. The smallest absolute Gasteiger partial charge is 0.140 e. The lowest BCUT2D eigenvalue weighted by atomic mass is 10.1. The Kier molecular flexibility index (Phi) is 2.92. The van der Waals surface area contributed by atoms with E-state index in [-0.39, 0.29) is 0 Å². The molecule has 2 heteroatoms. The molecule has 1 heterocycles. The van der Waals surface area contributed by atoms with Gasteiger partial charge in [-0.05, 0) is 12.5 Å². The van der Waals surface area contributed by atoms with E-state index in [2.05, 4.69) is 59.9 Å². The molecule has 0 atom stereocenters. The molecule has 19 heavy (non-hydrogen) atoms. The van der Waals surface area contributed by atoms with Crippen LogP contribution in [0.15, 0.2) is 60.8 Å². The Balaban J connectivity index is 2.06. The summed E-state index contributed by atoms with van der Waals surface area (Å²) in [5.74, 6) is 0.996. The van der Waals surface area contributed by atoms with E-state index in [0.717, 1.165) is 17.1 Å². The summed E-state index contributed by atoms with van der Waals surface area (Å²) < 4.78 is 2.14. The molecule has 0 aliphatic rings. The van der Waals surface area contributed by atoms with Crippen LogP contribution in [0.1, 0.15) is 5.56 Å². The second kappa shape index (κ2) is 4.73. The molecule has 0 saturated heterocycles. The molecule has 2 aromatic carbocycles. The molecule has 0 radical (unpaired) electrons. The zero-order valence-electron chi connectivity index (χ0n) is 11.2. The molecule has 2 nitrogen and oxygen atoms in total. The summed E-state index contributed by atoms with van der Waals surface area (Å²) in [5.41, 5.74) is 4.75. The summed E-state index contributed by atoms with van der Waals surface area (Å²) in [4.78, 5) is 4.55. The van der Waals surface area contributed by atoms with Crippen molar-refractivity contribution in [3.63, 3.8) is 0 Å². The summed E-state index contributed by atoms with van der Waals surface area (Å²) in [6, 6.07) is 18.8. The van der Waals surface area contributed by atoms with Crippen LogP contribution in [-0.2, 0) is 7.05 Å². The number of benzene rings is 2. The lowest BCUT2D eigenvalue weighted by molar-refractivity contribution is 0.933. The standard InChI is InChI=1S/C17H16N2/c1-13-8-10-14(11-9-13)16-12-18-17(19(16)2)15-6-4-3-5-7-15/h3-12H,1-2H3. The van der Waals surface area contributed by atoms with Gasteiger partial charge in [-0.2, -0.15) is 0 Å². The van der Waals surface area contributed by atoms with Gasteiger partial charge < -0.3 is 4.57 Å². The van der Waals surface area contributed by atoms with Gasteiger partial charge in [0.15, 0.2) is 0 Å². The third-order valence-electron chi connectivity index (χ3n) is 3.37. The monoisotopic (exact) mass is 248 g/mol. The zero-order valence-corrected chi connectivity index (χ0v) is 11.2. The van der Waals surface area contributed by atoms with Gasteiger partial charge in [0, 0.05) is 12.6 Å². The first-order valence-corrected chi connectivity index (χ1v) is 6.40. The first-order chi connectivity index (χ1) is 9.25. The summed E-state index contributed by atoms with van der Waals surface area (Å²) in [5, 5.41) is 0. The molecule has 0 aliphatic carbocycles. The van der Waals surface area contributed by atoms with E-state index in [1.54, 1.807) is 0 Å². The highest BCUT2D eigenvalue weighted by Gasteiger charge is 2.09. The van der Waals surface area contributed by atoms with Crippen LogP contribution in [0.3, 0.4) is 0 Å². The first kappa shape index (κ1) is 11.7. The van der Waals surface area contributed by atoms with Gasteiger partial charge in [0.2, 0.25) is 0 Å². The van der Waals surface area contributed by atoms with Crippen LogP contribution in [0.5, 0.6) is 0 Å². The average Bonchev–Trinajstić information content (AvgIpc) is 2.83. The molecule has 0 bridgehead atoms. The van der Waals surface area contributed by atoms with Gasteiger partial charge in [0.1, 0.15) is 5.82 Å². The van der Waals surface area contributed by atoms with Crippen molar-refractivity contribution in [2.24, 2.45) is 7.05 Å².